The van der Waals surface area contributed by atoms with Crippen LogP contribution in [0.3, 0.4) is 0 Å². The zero-order valence-corrected chi connectivity index (χ0v) is 14.7. The summed E-state index contributed by atoms with van der Waals surface area (Å²) in [5.41, 5.74) is 1.84. The first-order chi connectivity index (χ1) is 11.4. The molecule has 5 nitrogen and oxygen atoms in total. The van der Waals surface area contributed by atoms with Crippen LogP contribution in [0.1, 0.15) is 17.3 Å². The van der Waals surface area contributed by atoms with E-state index in [-0.39, 0.29) is 16.9 Å². The number of nitrogens with zero attached hydrogens (tertiary/aromatic N) is 1. The van der Waals surface area contributed by atoms with Crippen molar-refractivity contribution in [3.8, 4) is 0 Å². The third-order valence-corrected chi connectivity index (χ3v) is 3.75. The lowest BCUT2D eigenvalue weighted by atomic mass is 10.2. The van der Waals surface area contributed by atoms with Gasteiger partial charge in [-0.25, -0.2) is 0 Å². The molecule has 2 N–H and O–H groups in total. The summed E-state index contributed by atoms with van der Waals surface area (Å²) < 4.78 is 0. The largest absolute Gasteiger partial charge is 0.332 e. The quantitative estimate of drug-likeness (QED) is 0.822. The molecule has 2 amide bonds. The van der Waals surface area contributed by atoms with Crippen molar-refractivity contribution in [2.45, 2.75) is 6.92 Å². The molecule has 24 heavy (non-hydrogen) atoms. The van der Waals surface area contributed by atoms with Gasteiger partial charge in [0.2, 0.25) is 5.91 Å². The summed E-state index contributed by atoms with van der Waals surface area (Å²) in [5.74, 6) is -0.410. The molecular formula is C17H16ClN3O2S. The molecule has 0 spiro atoms. The lowest BCUT2D eigenvalue weighted by molar-refractivity contribution is -0.116. The molecule has 0 aromatic heterocycles. The number of thiocarbonyl (C=S) groups is 1. The number of carbonyl (C=O) groups is 2. The van der Waals surface area contributed by atoms with E-state index >= 15 is 0 Å². The van der Waals surface area contributed by atoms with Crippen LogP contribution in [-0.2, 0) is 4.79 Å². The monoisotopic (exact) mass is 361 g/mol. The number of hydrogen-bond acceptors (Lipinski definition) is 3. The summed E-state index contributed by atoms with van der Waals surface area (Å²) in [6, 6.07) is 13.6. The molecular weight excluding hydrogens is 346 g/mol. The van der Waals surface area contributed by atoms with Gasteiger partial charge in [0.25, 0.3) is 5.91 Å². The van der Waals surface area contributed by atoms with Crippen molar-refractivity contribution >= 4 is 52.1 Å². The van der Waals surface area contributed by atoms with Crippen LogP contribution in [0.2, 0.25) is 5.02 Å². The third kappa shape index (κ3) is 4.78. The SMILES string of the molecule is CC(=O)N(C)c1cccc(NC(=S)NC(=O)c2ccc(Cl)cc2)c1. The van der Waals surface area contributed by atoms with Gasteiger partial charge in [-0.2, -0.15) is 0 Å². The molecule has 0 saturated heterocycles. The van der Waals surface area contributed by atoms with Crippen molar-refractivity contribution in [2.75, 3.05) is 17.3 Å². The number of nitrogens with one attached hydrogen (secondary N) is 2. The number of rotatable bonds is 3. The van der Waals surface area contributed by atoms with Crippen molar-refractivity contribution in [3.63, 3.8) is 0 Å². The van der Waals surface area contributed by atoms with Gasteiger partial charge in [-0.05, 0) is 54.7 Å². The molecule has 0 radical (unpaired) electrons. The van der Waals surface area contributed by atoms with E-state index in [0.29, 0.717) is 16.3 Å². The molecule has 0 aliphatic carbocycles. The summed E-state index contributed by atoms with van der Waals surface area (Å²) in [5, 5.41) is 6.24. The number of anilines is 2. The number of carbonyl (C=O) groups excluding carboxylic acids is 2. The van der Waals surface area contributed by atoms with Gasteiger partial charge in [-0.1, -0.05) is 17.7 Å². The summed E-state index contributed by atoms with van der Waals surface area (Å²) in [6.45, 7) is 1.48. The van der Waals surface area contributed by atoms with E-state index < -0.39 is 0 Å². The van der Waals surface area contributed by atoms with Crippen LogP contribution in [0.4, 0.5) is 11.4 Å². The highest BCUT2D eigenvalue weighted by Crippen LogP contribution is 2.18. The number of halogens is 1. The van der Waals surface area contributed by atoms with E-state index in [1.54, 1.807) is 49.5 Å². The Morgan fingerprint density at radius 3 is 2.42 bits per heavy atom. The van der Waals surface area contributed by atoms with E-state index in [2.05, 4.69) is 10.6 Å². The Labute approximate surface area is 150 Å². The molecule has 0 atom stereocenters. The second-order valence-electron chi connectivity index (χ2n) is 5.04. The molecule has 0 fully saturated rings. The molecule has 0 saturated carbocycles. The average molecular weight is 362 g/mol. The Hall–Kier alpha value is -2.44. The van der Waals surface area contributed by atoms with Gasteiger partial charge in [-0.15, -0.1) is 0 Å². The van der Waals surface area contributed by atoms with Crippen LogP contribution in [0, 0.1) is 0 Å². The first-order valence-electron chi connectivity index (χ1n) is 7.09. The van der Waals surface area contributed by atoms with Gasteiger partial charge in [0.1, 0.15) is 0 Å². The summed E-state index contributed by atoms with van der Waals surface area (Å²) in [4.78, 5) is 25.0. The maximum absolute atomic E-state index is 12.1. The van der Waals surface area contributed by atoms with Gasteiger partial charge in [0.05, 0.1) is 0 Å². The summed E-state index contributed by atoms with van der Waals surface area (Å²) >= 11 is 10.9. The molecule has 0 aliphatic heterocycles. The first kappa shape index (κ1) is 17.9. The molecule has 2 rings (SSSR count). The van der Waals surface area contributed by atoms with Gasteiger partial charge in [0.15, 0.2) is 5.11 Å². The van der Waals surface area contributed by atoms with Crippen molar-refractivity contribution in [3.05, 3.63) is 59.1 Å². The van der Waals surface area contributed by atoms with Crippen molar-refractivity contribution in [1.29, 1.82) is 0 Å². The summed E-state index contributed by atoms with van der Waals surface area (Å²) in [7, 11) is 1.68. The maximum Gasteiger partial charge on any atom is 0.257 e. The molecule has 2 aromatic carbocycles. The Morgan fingerprint density at radius 2 is 1.79 bits per heavy atom. The lowest BCUT2D eigenvalue weighted by Gasteiger charge is -2.16. The van der Waals surface area contributed by atoms with Crippen molar-refractivity contribution in [1.82, 2.24) is 5.32 Å². The third-order valence-electron chi connectivity index (χ3n) is 3.30. The van der Waals surface area contributed by atoms with Crippen LogP contribution < -0.4 is 15.5 Å². The number of amides is 2. The second kappa shape index (κ2) is 7.90. The lowest BCUT2D eigenvalue weighted by Crippen LogP contribution is -2.34. The molecule has 124 valence electrons. The zero-order valence-electron chi connectivity index (χ0n) is 13.2. The normalized spacial score (nSPS) is 9.96. The minimum Gasteiger partial charge on any atom is -0.332 e. The highest BCUT2D eigenvalue weighted by atomic mass is 35.5. The van der Waals surface area contributed by atoms with Crippen LogP contribution in [0.25, 0.3) is 0 Å². The fraction of sp³-hybridized carbons (Fsp3) is 0.118. The Morgan fingerprint density at radius 1 is 1.12 bits per heavy atom. The highest BCUT2D eigenvalue weighted by Gasteiger charge is 2.09. The zero-order chi connectivity index (χ0) is 17.7. The number of benzene rings is 2. The number of hydrogen-bond donors (Lipinski definition) is 2. The van der Waals surface area contributed by atoms with Gasteiger partial charge < -0.3 is 10.2 Å². The second-order valence-corrected chi connectivity index (χ2v) is 5.89. The minimum absolute atomic E-state index is 0.0780. The molecule has 0 unspecified atom stereocenters. The summed E-state index contributed by atoms with van der Waals surface area (Å²) in [6.07, 6.45) is 0. The van der Waals surface area contributed by atoms with Crippen LogP contribution in [-0.4, -0.2) is 24.0 Å². The van der Waals surface area contributed by atoms with Crippen LogP contribution in [0.5, 0.6) is 0 Å². The Kier molecular flexibility index (Phi) is 5.89. The maximum atomic E-state index is 12.1. The van der Waals surface area contributed by atoms with Crippen molar-refractivity contribution < 1.29 is 9.59 Å². The fourth-order valence-corrected chi connectivity index (χ4v) is 2.25. The van der Waals surface area contributed by atoms with Crippen LogP contribution in [0.15, 0.2) is 48.5 Å². The Bertz CT molecular complexity index is 778. The van der Waals surface area contributed by atoms with Gasteiger partial charge in [-0.3, -0.25) is 14.9 Å². The van der Waals surface area contributed by atoms with Crippen molar-refractivity contribution in [2.24, 2.45) is 0 Å². The molecule has 2 aromatic rings. The molecule has 0 bridgehead atoms. The smallest absolute Gasteiger partial charge is 0.257 e. The topological polar surface area (TPSA) is 61.4 Å². The van der Waals surface area contributed by atoms with E-state index in [4.69, 9.17) is 23.8 Å². The highest BCUT2D eigenvalue weighted by molar-refractivity contribution is 7.80. The Balaban J connectivity index is 2.02. The van der Waals surface area contributed by atoms with E-state index in [1.807, 2.05) is 6.07 Å². The predicted molar refractivity (Wildman–Crippen MR) is 101 cm³/mol. The fourth-order valence-electron chi connectivity index (χ4n) is 1.91. The van der Waals surface area contributed by atoms with Gasteiger partial charge in [0, 0.05) is 35.9 Å². The molecule has 0 aliphatic rings. The molecule has 7 heteroatoms. The van der Waals surface area contributed by atoms with E-state index in [9.17, 15) is 9.59 Å². The van der Waals surface area contributed by atoms with Crippen LogP contribution >= 0.6 is 23.8 Å². The average Bonchev–Trinajstić information content (AvgIpc) is 2.54. The minimum atomic E-state index is -0.332. The standard InChI is InChI=1S/C17H16ClN3O2S/c1-11(22)21(2)15-5-3-4-14(10-15)19-17(24)20-16(23)12-6-8-13(18)9-7-12/h3-10H,1-2H3,(H2,19,20,23,24). The van der Waals surface area contributed by atoms with E-state index in [1.165, 1.54) is 11.8 Å². The predicted octanol–water partition coefficient (Wildman–Crippen LogP) is 3.45. The van der Waals surface area contributed by atoms with Gasteiger partial charge >= 0.3 is 0 Å². The molecule has 0 heterocycles. The van der Waals surface area contributed by atoms with E-state index in [0.717, 1.165) is 5.69 Å². The first-order valence-corrected chi connectivity index (χ1v) is 7.87.